The molecule has 0 radical (unpaired) electrons. The van der Waals surface area contributed by atoms with Gasteiger partial charge in [0.2, 0.25) is 6.23 Å². The number of rotatable bonds is 3. The van der Waals surface area contributed by atoms with Gasteiger partial charge in [-0.1, -0.05) is 42.5 Å². The predicted octanol–water partition coefficient (Wildman–Crippen LogP) is 5.13. The van der Waals surface area contributed by atoms with E-state index in [2.05, 4.69) is 35.2 Å². The third-order valence-corrected chi connectivity index (χ3v) is 5.57. The van der Waals surface area contributed by atoms with Gasteiger partial charge < -0.3 is 9.64 Å². The van der Waals surface area contributed by atoms with Crippen LogP contribution in [0.2, 0.25) is 0 Å². The van der Waals surface area contributed by atoms with Crippen molar-refractivity contribution >= 4 is 11.4 Å². The summed E-state index contributed by atoms with van der Waals surface area (Å²) in [6, 6.07) is 23.2. The van der Waals surface area contributed by atoms with Gasteiger partial charge in [0, 0.05) is 37.3 Å². The average molecular weight is 387 g/mol. The first kappa shape index (κ1) is 17.7. The van der Waals surface area contributed by atoms with E-state index >= 15 is 0 Å². The summed E-state index contributed by atoms with van der Waals surface area (Å²) in [6.07, 6.45) is 0.460. The zero-order valence-electron chi connectivity index (χ0n) is 16.4. The van der Waals surface area contributed by atoms with E-state index in [1.165, 1.54) is 12.1 Å². The summed E-state index contributed by atoms with van der Waals surface area (Å²) in [5.74, 6) is 0.656. The summed E-state index contributed by atoms with van der Waals surface area (Å²) < 4.78 is 19.7. The van der Waals surface area contributed by atoms with Gasteiger partial charge in [-0.25, -0.2) is 9.40 Å². The standard InChI is InChI=1S/C24H22FN3O/c1-27(2)19-13-9-17(10-14-19)24-28-22(20-5-3-4-6-23(20)29-24)15-21(26-28)16-7-11-18(25)12-8-16/h3-14,22,24H,15H2,1-2H3/t22-,24+/m1/s1. The van der Waals surface area contributed by atoms with Crippen LogP contribution >= 0.6 is 0 Å². The zero-order valence-corrected chi connectivity index (χ0v) is 16.4. The molecule has 0 fully saturated rings. The Morgan fingerprint density at radius 3 is 2.41 bits per heavy atom. The molecule has 2 atom stereocenters. The van der Waals surface area contributed by atoms with Crippen LogP contribution in [0.4, 0.5) is 10.1 Å². The first-order valence-electron chi connectivity index (χ1n) is 9.75. The minimum atomic E-state index is -0.302. The SMILES string of the molecule is CN(C)c1ccc([C@@H]2Oc3ccccc3[C@H]3CC(c4ccc(F)cc4)=NN32)cc1. The Morgan fingerprint density at radius 2 is 1.69 bits per heavy atom. The number of halogens is 1. The minimum absolute atomic E-state index is 0.0959. The lowest BCUT2D eigenvalue weighted by Crippen LogP contribution is -2.33. The minimum Gasteiger partial charge on any atom is -0.464 e. The third kappa shape index (κ3) is 3.12. The highest BCUT2D eigenvalue weighted by molar-refractivity contribution is 6.01. The highest BCUT2D eigenvalue weighted by Crippen LogP contribution is 2.47. The molecule has 2 heterocycles. The smallest absolute Gasteiger partial charge is 0.213 e. The monoisotopic (exact) mass is 387 g/mol. The second-order valence-electron chi connectivity index (χ2n) is 7.65. The number of benzene rings is 3. The lowest BCUT2D eigenvalue weighted by molar-refractivity contribution is -0.0190. The number of nitrogens with zero attached hydrogens (tertiary/aromatic N) is 3. The van der Waals surface area contributed by atoms with Crippen LogP contribution in [0.1, 0.15) is 35.4 Å². The molecule has 146 valence electrons. The van der Waals surface area contributed by atoms with Crippen molar-refractivity contribution in [1.82, 2.24) is 5.01 Å². The summed E-state index contributed by atoms with van der Waals surface area (Å²) in [5.41, 5.74) is 5.22. The zero-order chi connectivity index (χ0) is 20.0. The summed E-state index contributed by atoms with van der Waals surface area (Å²) in [6.45, 7) is 0. The Bertz CT molecular complexity index is 1060. The van der Waals surface area contributed by atoms with Crippen molar-refractivity contribution in [3.8, 4) is 5.75 Å². The second-order valence-corrected chi connectivity index (χ2v) is 7.65. The largest absolute Gasteiger partial charge is 0.464 e. The van der Waals surface area contributed by atoms with Gasteiger partial charge in [0.15, 0.2) is 0 Å². The molecule has 29 heavy (non-hydrogen) atoms. The molecule has 4 nitrogen and oxygen atoms in total. The number of hydrogen-bond donors (Lipinski definition) is 0. The molecule has 0 saturated heterocycles. The molecule has 0 saturated carbocycles. The first-order valence-corrected chi connectivity index (χ1v) is 9.75. The molecule has 5 heteroatoms. The van der Waals surface area contributed by atoms with Crippen LogP contribution in [-0.2, 0) is 0 Å². The van der Waals surface area contributed by atoms with Crippen LogP contribution in [0.5, 0.6) is 5.75 Å². The summed E-state index contributed by atoms with van der Waals surface area (Å²) in [5, 5.41) is 6.96. The average Bonchev–Trinajstić information content (AvgIpc) is 3.19. The van der Waals surface area contributed by atoms with Gasteiger partial charge in [-0.05, 0) is 35.9 Å². The van der Waals surface area contributed by atoms with Gasteiger partial charge in [0.25, 0.3) is 0 Å². The predicted molar refractivity (Wildman–Crippen MR) is 113 cm³/mol. The number of fused-ring (bicyclic) bond motifs is 3. The highest BCUT2D eigenvalue weighted by Gasteiger charge is 2.40. The van der Waals surface area contributed by atoms with Crippen molar-refractivity contribution in [1.29, 1.82) is 0 Å². The molecule has 0 bridgehead atoms. The normalized spacial score (nSPS) is 19.8. The molecule has 0 spiro atoms. The van der Waals surface area contributed by atoms with Crippen LogP contribution in [0.15, 0.2) is 77.9 Å². The molecule has 0 amide bonds. The van der Waals surface area contributed by atoms with Gasteiger partial charge in [0.1, 0.15) is 11.6 Å². The van der Waals surface area contributed by atoms with Gasteiger partial charge in [-0.2, -0.15) is 5.10 Å². The molecule has 3 aromatic rings. The Morgan fingerprint density at radius 1 is 0.966 bits per heavy atom. The van der Waals surface area contributed by atoms with Gasteiger partial charge in [-0.15, -0.1) is 0 Å². The molecule has 2 aliphatic rings. The highest BCUT2D eigenvalue weighted by atomic mass is 19.1. The molecular formula is C24H22FN3O. The van der Waals surface area contributed by atoms with Gasteiger partial charge in [0.05, 0.1) is 11.8 Å². The summed E-state index contributed by atoms with van der Waals surface area (Å²) >= 11 is 0. The number of anilines is 1. The van der Waals surface area contributed by atoms with E-state index in [1.54, 1.807) is 12.1 Å². The fraction of sp³-hybridized carbons (Fsp3) is 0.208. The van der Waals surface area contributed by atoms with Crippen LogP contribution in [0.3, 0.4) is 0 Å². The number of hydrazone groups is 1. The van der Waals surface area contributed by atoms with Crippen LogP contribution in [0.25, 0.3) is 0 Å². The first-order chi connectivity index (χ1) is 14.1. The van der Waals surface area contributed by atoms with Crippen molar-refractivity contribution in [2.75, 3.05) is 19.0 Å². The molecule has 0 aliphatic carbocycles. The summed E-state index contributed by atoms with van der Waals surface area (Å²) in [4.78, 5) is 2.07. The van der Waals surface area contributed by atoms with E-state index in [0.717, 1.165) is 40.3 Å². The van der Waals surface area contributed by atoms with E-state index < -0.39 is 0 Å². The maximum absolute atomic E-state index is 13.4. The molecule has 0 N–H and O–H groups in total. The number of hydrogen-bond acceptors (Lipinski definition) is 4. The Labute approximate surface area is 169 Å². The number of ether oxygens (including phenoxy) is 1. The molecule has 3 aromatic carbocycles. The van der Waals surface area contributed by atoms with E-state index in [4.69, 9.17) is 9.84 Å². The van der Waals surface area contributed by atoms with Gasteiger partial charge >= 0.3 is 0 Å². The molecular weight excluding hydrogens is 365 g/mol. The topological polar surface area (TPSA) is 28.1 Å². The summed E-state index contributed by atoms with van der Waals surface area (Å²) in [7, 11) is 4.05. The Balaban J connectivity index is 1.55. The maximum atomic E-state index is 13.4. The van der Waals surface area contributed by atoms with Crippen molar-refractivity contribution in [2.45, 2.75) is 18.7 Å². The molecule has 2 aliphatic heterocycles. The maximum Gasteiger partial charge on any atom is 0.213 e. The quantitative estimate of drug-likeness (QED) is 0.623. The fourth-order valence-electron chi connectivity index (χ4n) is 4.01. The van der Waals surface area contributed by atoms with E-state index in [9.17, 15) is 4.39 Å². The molecule has 0 aromatic heterocycles. The van der Waals surface area contributed by atoms with Crippen molar-refractivity contribution < 1.29 is 9.13 Å². The second kappa shape index (κ2) is 6.92. The lowest BCUT2D eigenvalue weighted by atomic mass is 9.96. The molecule has 5 rings (SSSR count). The van der Waals surface area contributed by atoms with Crippen LogP contribution in [-0.4, -0.2) is 24.8 Å². The van der Waals surface area contributed by atoms with Crippen molar-refractivity contribution in [3.05, 3.63) is 95.3 Å². The number of para-hydroxylation sites is 1. The Kier molecular flexibility index (Phi) is 4.23. The van der Waals surface area contributed by atoms with Crippen LogP contribution < -0.4 is 9.64 Å². The Hall–Kier alpha value is -3.34. The van der Waals surface area contributed by atoms with E-state index in [-0.39, 0.29) is 18.1 Å². The van der Waals surface area contributed by atoms with E-state index in [1.807, 2.05) is 37.3 Å². The molecule has 0 unspecified atom stereocenters. The van der Waals surface area contributed by atoms with Gasteiger partial charge in [-0.3, -0.25) is 0 Å². The van der Waals surface area contributed by atoms with Crippen molar-refractivity contribution in [3.63, 3.8) is 0 Å². The van der Waals surface area contributed by atoms with E-state index in [0.29, 0.717) is 0 Å². The van der Waals surface area contributed by atoms with Crippen LogP contribution in [0, 0.1) is 5.82 Å². The fourth-order valence-corrected chi connectivity index (χ4v) is 4.01. The van der Waals surface area contributed by atoms with Crippen molar-refractivity contribution in [2.24, 2.45) is 5.10 Å². The lowest BCUT2D eigenvalue weighted by Gasteiger charge is -2.38. The third-order valence-electron chi connectivity index (χ3n) is 5.57.